The number of rotatable bonds is 12. The van der Waals surface area contributed by atoms with Crippen molar-refractivity contribution in [2.45, 2.75) is 39.5 Å². The van der Waals surface area contributed by atoms with Crippen LogP contribution in [0.5, 0.6) is 0 Å². The van der Waals surface area contributed by atoms with Crippen LogP contribution in [0, 0.1) is 0 Å². The molecule has 0 saturated carbocycles. The van der Waals surface area contributed by atoms with Crippen molar-refractivity contribution in [3.05, 3.63) is 0 Å². The lowest BCUT2D eigenvalue weighted by molar-refractivity contribution is -0.273. The fourth-order valence-electron chi connectivity index (χ4n) is 0.878. The molecule has 19 heavy (non-hydrogen) atoms. The van der Waals surface area contributed by atoms with Gasteiger partial charge in [-0.1, -0.05) is 13.8 Å². The van der Waals surface area contributed by atoms with E-state index in [2.05, 4.69) is 19.6 Å². The fourth-order valence-corrected chi connectivity index (χ4v) is 0.878. The molecule has 0 fully saturated rings. The number of hydrogen-bond donors (Lipinski definition) is 0. The molecule has 7 nitrogen and oxygen atoms in total. The van der Waals surface area contributed by atoms with Gasteiger partial charge >= 0.3 is 11.9 Å². The van der Waals surface area contributed by atoms with Crippen LogP contribution < -0.4 is 0 Å². The minimum absolute atomic E-state index is 0.0745. The first-order valence-corrected chi connectivity index (χ1v) is 6.43. The van der Waals surface area contributed by atoms with Gasteiger partial charge in [-0.25, -0.2) is 9.59 Å². The molecule has 0 aromatic heterocycles. The van der Waals surface area contributed by atoms with Crippen molar-refractivity contribution in [1.82, 2.24) is 0 Å². The van der Waals surface area contributed by atoms with E-state index in [1.807, 2.05) is 13.8 Å². The van der Waals surface area contributed by atoms with Gasteiger partial charge in [0.15, 0.2) is 0 Å². The van der Waals surface area contributed by atoms with Gasteiger partial charge < -0.3 is 4.74 Å². The van der Waals surface area contributed by atoms with Gasteiger partial charge in [0.1, 0.15) is 0 Å². The molecule has 0 unspecified atom stereocenters. The SMILES string of the molecule is CCCOOC(=O)CCOCCC(=O)OOCCC. The molecule has 0 aromatic carbocycles. The number of ether oxygens (including phenoxy) is 1. The third-order valence-electron chi connectivity index (χ3n) is 1.78. The summed E-state index contributed by atoms with van der Waals surface area (Å²) in [6.07, 6.45) is 1.69. The highest BCUT2D eigenvalue weighted by molar-refractivity contribution is 5.69. The highest BCUT2D eigenvalue weighted by Gasteiger charge is 2.06. The molecule has 0 atom stereocenters. The van der Waals surface area contributed by atoms with Crippen LogP contribution in [0.2, 0.25) is 0 Å². The van der Waals surface area contributed by atoms with Crippen molar-refractivity contribution in [3.8, 4) is 0 Å². The third kappa shape index (κ3) is 13.1. The maximum atomic E-state index is 11.1. The van der Waals surface area contributed by atoms with Crippen molar-refractivity contribution >= 4 is 11.9 Å². The van der Waals surface area contributed by atoms with Crippen molar-refractivity contribution in [2.75, 3.05) is 26.4 Å². The smallest absolute Gasteiger partial charge is 0.344 e. The largest absolute Gasteiger partial charge is 0.380 e. The van der Waals surface area contributed by atoms with Crippen molar-refractivity contribution in [3.63, 3.8) is 0 Å². The van der Waals surface area contributed by atoms with Crippen molar-refractivity contribution < 1.29 is 33.9 Å². The lowest BCUT2D eigenvalue weighted by Gasteiger charge is -2.04. The van der Waals surface area contributed by atoms with E-state index in [0.29, 0.717) is 13.2 Å². The van der Waals surface area contributed by atoms with E-state index in [1.165, 1.54) is 0 Å². The zero-order chi connectivity index (χ0) is 14.3. The lowest BCUT2D eigenvalue weighted by Crippen LogP contribution is -2.12. The molecule has 112 valence electrons. The molecule has 0 aromatic rings. The van der Waals surface area contributed by atoms with E-state index in [0.717, 1.165) is 12.8 Å². The van der Waals surface area contributed by atoms with Gasteiger partial charge in [-0.05, 0) is 12.8 Å². The molecule has 0 radical (unpaired) electrons. The van der Waals surface area contributed by atoms with Gasteiger partial charge in [0.25, 0.3) is 0 Å². The Morgan fingerprint density at radius 3 is 1.53 bits per heavy atom. The average molecular weight is 278 g/mol. The Bertz CT molecular complexity index is 218. The Morgan fingerprint density at radius 2 is 1.16 bits per heavy atom. The van der Waals surface area contributed by atoms with Crippen LogP contribution in [-0.2, 0) is 33.9 Å². The van der Waals surface area contributed by atoms with Gasteiger partial charge in [0.2, 0.25) is 0 Å². The van der Waals surface area contributed by atoms with Crippen LogP contribution in [0.25, 0.3) is 0 Å². The number of hydrogen-bond acceptors (Lipinski definition) is 7. The van der Waals surface area contributed by atoms with Crippen LogP contribution >= 0.6 is 0 Å². The number of carbonyl (C=O) groups excluding carboxylic acids is 2. The van der Waals surface area contributed by atoms with Crippen LogP contribution in [0.3, 0.4) is 0 Å². The summed E-state index contributed by atoms with van der Waals surface area (Å²) in [6.45, 7) is 4.88. The third-order valence-corrected chi connectivity index (χ3v) is 1.78. The molecule has 0 heterocycles. The highest BCUT2D eigenvalue weighted by atomic mass is 17.2. The molecule has 0 N–H and O–H groups in total. The van der Waals surface area contributed by atoms with E-state index >= 15 is 0 Å². The molecule has 0 rings (SSSR count). The van der Waals surface area contributed by atoms with E-state index in [9.17, 15) is 9.59 Å². The Hall–Kier alpha value is -1.18. The first kappa shape index (κ1) is 17.8. The van der Waals surface area contributed by atoms with Gasteiger partial charge in [-0.2, -0.15) is 9.78 Å². The molecule has 0 aliphatic heterocycles. The Kier molecular flexibility index (Phi) is 12.4. The summed E-state index contributed by atoms with van der Waals surface area (Å²) in [7, 11) is 0. The van der Waals surface area contributed by atoms with E-state index in [-0.39, 0.29) is 26.1 Å². The van der Waals surface area contributed by atoms with Crippen LogP contribution in [0.4, 0.5) is 0 Å². The second-order valence-corrected chi connectivity index (χ2v) is 3.67. The fraction of sp³-hybridized carbons (Fsp3) is 0.833. The van der Waals surface area contributed by atoms with Gasteiger partial charge in [0.05, 0.1) is 39.3 Å². The molecule has 7 heteroatoms. The zero-order valence-electron chi connectivity index (χ0n) is 11.5. The standard InChI is InChI=1S/C12H22O7/c1-3-7-16-18-11(13)5-9-15-10-6-12(14)19-17-8-4-2/h3-10H2,1-2H3. The van der Waals surface area contributed by atoms with Crippen molar-refractivity contribution in [1.29, 1.82) is 0 Å². The monoisotopic (exact) mass is 278 g/mol. The summed E-state index contributed by atoms with van der Waals surface area (Å²) >= 11 is 0. The minimum Gasteiger partial charge on any atom is -0.380 e. The summed E-state index contributed by atoms with van der Waals surface area (Å²) < 4.78 is 5.07. The van der Waals surface area contributed by atoms with Crippen LogP contribution in [0.1, 0.15) is 39.5 Å². The van der Waals surface area contributed by atoms with Gasteiger partial charge in [-0.15, -0.1) is 0 Å². The first-order valence-electron chi connectivity index (χ1n) is 6.43. The molecular formula is C12H22O7. The molecular weight excluding hydrogens is 256 g/mol. The van der Waals surface area contributed by atoms with Crippen LogP contribution in [0.15, 0.2) is 0 Å². The maximum Gasteiger partial charge on any atom is 0.344 e. The van der Waals surface area contributed by atoms with E-state index < -0.39 is 11.9 Å². The Labute approximate surface area is 113 Å². The molecule has 0 aliphatic rings. The molecule has 0 spiro atoms. The summed E-state index contributed by atoms with van der Waals surface area (Å²) in [5.41, 5.74) is 0. The predicted molar refractivity (Wildman–Crippen MR) is 64.7 cm³/mol. The van der Waals surface area contributed by atoms with E-state index in [4.69, 9.17) is 4.74 Å². The highest BCUT2D eigenvalue weighted by Crippen LogP contribution is 1.94. The summed E-state index contributed by atoms with van der Waals surface area (Å²) in [4.78, 5) is 40.2. The molecule has 0 bridgehead atoms. The van der Waals surface area contributed by atoms with Crippen LogP contribution in [-0.4, -0.2) is 38.4 Å². The molecule has 0 aliphatic carbocycles. The lowest BCUT2D eigenvalue weighted by atomic mass is 10.4. The van der Waals surface area contributed by atoms with Gasteiger partial charge in [-0.3, -0.25) is 9.78 Å². The Balaban J connectivity index is 3.29. The first-order chi connectivity index (χ1) is 9.20. The summed E-state index contributed by atoms with van der Waals surface area (Å²) in [6, 6.07) is 0. The average Bonchev–Trinajstić information content (AvgIpc) is 2.39. The summed E-state index contributed by atoms with van der Waals surface area (Å²) in [5.74, 6) is -0.996. The quantitative estimate of drug-likeness (QED) is 0.304. The zero-order valence-corrected chi connectivity index (χ0v) is 11.5. The maximum absolute atomic E-state index is 11.1. The number of carbonyl (C=O) groups is 2. The summed E-state index contributed by atoms with van der Waals surface area (Å²) in [5, 5.41) is 0. The Morgan fingerprint density at radius 1 is 0.737 bits per heavy atom. The normalized spacial score (nSPS) is 10.2. The molecule has 0 saturated heterocycles. The topological polar surface area (TPSA) is 80.3 Å². The molecule has 0 amide bonds. The van der Waals surface area contributed by atoms with E-state index in [1.54, 1.807) is 0 Å². The second-order valence-electron chi connectivity index (χ2n) is 3.67. The van der Waals surface area contributed by atoms with Gasteiger partial charge in [0, 0.05) is 0 Å². The second kappa shape index (κ2) is 13.3. The van der Waals surface area contributed by atoms with Crippen molar-refractivity contribution in [2.24, 2.45) is 0 Å². The predicted octanol–water partition coefficient (Wildman–Crippen LogP) is 1.55. The minimum atomic E-state index is -0.498.